The number of nitrogens with zero attached hydrogens (tertiary/aromatic N) is 3. The van der Waals surface area contributed by atoms with E-state index in [4.69, 9.17) is 4.98 Å². The number of halogens is 1. The van der Waals surface area contributed by atoms with Crippen molar-refractivity contribution >= 4 is 47.2 Å². The van der Waals surface area contributed by atoms with Gasteiger partial charge in [-0.2, -0.15) is 0 Å². The van der Waals surface area contributed by atoms with E-state index in [0.717, 1.165) is 32.4 Å². The van der Waals surface area contributed by atoms with E-state index in [-0.39, 0.29) is 36.4 Å². The van der Waals surface area contributed by atoms with Crippen LogP contribution in [-0.2, 0) is 30.5 Å². The van der Waals surface area contributed by atoms with Crippen molar-refractivity contribution < 1.29 is 4.79 Å². The number of aliphatic imine (C=N–C) groups is 1. The standard InChI is InChI=1S/C22H31N5OS.HI/c1-27(2)21(28)16-25-22(23-14-12-17-8-4-3-5-9-17)24-15-13-20-26-18-10-6-7-11-19(18)29-20;/h3-5,8-9H,6-7,10-16H2,1-2H3,(H2,23,24,25);1H. The summed E-state index contributed by atoms with van der Waals surface area (Å²) in [7, 11) is 3.50. The minimum absolute atomic E-state index is 0. The molecule has 164 valence electrons. The summed E-state index contributed by atoms with van der Waals surface area (Å²) in [4.78, 5) is 24.2. The van der Waals surface area contributed by atoms with Gasteiger partial charge in [-0.1, -0.05) is 30.3 Å². The number of guanidine groups is 1. The zero-order valence-corrected chi connectivity index (χ0v) is 21.0. The van der Waals surface area contributed by atoms with E-state index in [1.807, 2.05) is 29.5 Å². The normalized spacial score (nSPS) is 13.2. The molecule has 3 rings (SSSR count). The summed E-state index contributed by atoms with van der Waals surface area (Å²) in [6.45, 7) is 1.65. The molecule has 1 aliphatic rings. The average Bonchev–Trinajstić information content (AvgIpc) is 3.14. The maximum absolute atomic E-state index is 11.9. The van der Waals surface area contributed by atoms with Crippen LogP contribution in [0.1, 0.15) is 34.0 Å². The Morgan fingerprint density at radius 3 is 2.50 bits per heavy atom. The lowest BCUT2D eigenvalue weighted by molar-refractivity contribution is -0.127. The predicted octanol–water partition coefficient (Wildman–Crippen LogP) is 3.05. The molecule has 0 radical (unpaired) electrons. The van der Waals surface area contributed by atoms with Gasteiger partial charge in [-0.25, -0.2) is 9.98 Å². The van der Waals surface area contributed by atoms with Crippen LogP contribution in [0.15, 0.2) is 35.3 Å². The molecular weight excluding hydrogens is 509 g/mol. The molecule has 0 unspecified atom stereocenters. The molecule has 30 heavy (non-hydrogen) atoms. The van der Waals surface area contributed by atoms with E-state index in [1.165, 1.54) is 40.4 Å². The molecule has 1 aromatic heterocycles. The van der Waals surface area contributed by atoms with Crippen LogP contribution < -0.4 is 10.6 Å². The van der Waals surface area contributed by atoms with Gasteiger partial charge in [0.1, 0.15) is 6.54 Å². The fourth-order valence-electron chi connectivity index (χ4n) is 3.23. The molecule has 1 amide bonds. The summed E-state index contributed by atoms with van der Waals surface area (Å²) >= 11 is 1.85. The quantitative estimate of drug-likeness (QED) is 0.306. The summed E-state index contributed by atoms with van der Waals surface area (Å²) in [5.74, 6) is 0.666. The molecule has 1 aromatic carbocycles. The molecule has 0 fully saturated rings. The SMILES string of the molecule is CN(C)C(=O)CN=C(NCCc1ccccc1)NCCc1nc2c(s1)CCCC2.I. The van der Waals surface area contributed by atoms with Gasteiger partial charge in [0, 0.05) is 38.5 Å². The van der Waals surface area contributed by atoms with Crippen LogP contribution >= 0.6 is 35.3 Å². The van der Waals surface area contributed by atoms with Gasteiger partial charge in [-0.3, -0.25) is 4.79 Å². The van der Waals surface area contributed by atoms with E-state index in [2.05, 4.69) is 27.8 Å². The average molecular weight is 542 g/mol. The summed E-state index contributed by atoms with van der Waals surface area (Å²) < 4.78 is 0. The first kappa shape index (κ1) is 24.6. The molecule has 0 bridgehead atoms. The van der Waals surface area contributed by atoms with Gasteiger partial charge in [-0.15, -0.1) is 35.3 Å². The predicted molar refractivity (Wildman–Crippen MR) is 135 cm³/mol. The summed E-state index contributed by atoms with van der Waals surface area (Å²) in [6, 6.07) is 10.4. The number of aromatic nitrogens is 1. The molecule has 1 aliphatic carbocycles. The third-order valence-corrected chi connectivity index (χ3v) is 6.16. The Bertz CT molecular complexity index is 799. The van der Waals surface area contributed by atoms with E-state index in [0.29, 0.717) is 5.96 Å². The fourth-order valence-corrected chi connectivity index (χ4v) is 4.39. The highest BCUT2D eigenvalue weighted by molar-refractivity contribution is 14.0. The lowest BCUT2D eigenvalue weighted by atomic mass is 10.0. The van der Waals surface area contributed by atoms with Gasteiger partial charge < -0.3 is 15.5 Å². The molecule has 2 aromatic rings. The van der Waals surface area contributed by atoms with Crippen LogP contribution in [0.3, 0.4) is 0 Å². The van der Waals surface area contributed by atoms with Crippen LogP contribution in [0.2, 0.25) is 0 Å². The molecule has 6 nitrogen and oxygen atoms in total. The molecule has 0 atom stereocenters. The summed E-state index contributed by atoms with van der Waals surface area (Å²) in [6.07, 6.45) is 6.63. The van der Waals surface area contributed by atoms with E-state index < -0.39 is 0 Å². The van der Waals surface area contributed by atoms with Crippen molar-refractivity contribution in [2.24, 2.45) is 4.99 Å². The zero-order valence-electron chi connectivity index (χ0n) is 17.8. The smallest absolute Gasteiger partial charge is 0.243 e. The maximum Gasteiger partial charge on any atom is 0.243 e. The van der Waals surface area contributed by atoms with Crippen molar-refractivity contribution in [3.63, 3.8) is 0 Å². The Morgan fingerprint density at radius 2 is 1.80 bits per heavy atom. The highest BCUT2D eigenvalue weighted by Gasteiger charge is 2.14. The number of rotatable bonds is 8. The Labute approximate surface area is 200 Å². The Balaban J connectivity index is 0.00000320. The number of hydrogen-bond acceptors (Lipinski definition) is 4. The molecule has 8 heteroatoms. The number of nitrogens with one attached hydrogen (secondary N) is 2. The first-order valence-electron chi connectivity index (χ1n) is 10.4. The molecule has 0 aliphatic heterocycles. The van der Waals surface area contributed by atoms with Gasteiger partial charge in [0.15, 0.2) is 5.96 Å². The zero-order chi connectivity index (χ0) is 20.5. The van der Waals surface area contributed by atoms with Gasteiger partial charge >= 0.3 is 0 Å². The lowest BCUT2D eigenvalue weighted by Gasteiger charge is -2.13. The second kappa shape index (κ2) is 12.9. The molecule has 1 heterocycles. The number of likely N-dealkylation sites (N-methyl/N-ethyl adjacent to an activating group) is 1. The van der Waals surface area contributed by atoms with E-state index in [9.17, 15) is 4.79 Å². The minimum Gasteiger partial charge on any atom is -0.356 e. The first-order chi connectivity index (χ1) is 14.1. The molecular formula is C22H32IN5OS. The summed E-state index contributed by atoms with van der Waals surface area (Å²) in [5.41, 5.74) is 2.58. The monoisotopic (exact) mass is 541 g/mol. The molecule has 0 saturated carbocycles. The van der Waals surface area contributed by atoms with Crippen molar-refractivity contribution in [2.75, 3.05) is 33.7 Å². The number of amides is 1. The van der Waals surface area contributed by atoms with Crippen molar-refractivity contribution in [2.45, 2.75) is 38.5 Å². The third-order valence-electron chi connectivity index (χ3n) is 4.94. The minimum atomic E-state index is -0.0123. The molecule has 2 N–H and O–H groups in total. The number of fused-ring (bicyclic) bond motifs is 1. The maximum atomic E-state index is 11.9. The van der Waals surface area contributed by atoms with Gasteiger partial charge in [0.25, 0.3) is 0 Å². The Hall–Kier alpha value is -1.68. The van der Waals surface area contributed by atoms with Gasteiger partial charge in [0.2, 0.25) is 5.91 Å². The largest absolute Gasteiger partial charge is 0.356 e. The second-order valence-corrected chi connectivity index (χ2v) is 8.64. The Morgan fingerprint density at radius 1 is 1.10 bits per heavy atom. The van der Waals surface area contributed by atoms with Crippen LogP contribution in [0.5, 0.6) is 0 Å². The lowest BCUT2D eigenvalue weighted by Crippen LogP contribution is -2.40. The fraction of sp³-hybridized carbons (Fsp3) is 0.500. The van der Waals surface area contributed by atoms with Crippen molar-refractivity contribution in [1.29, 1.82) is 0 Å². The van der Waals surface area contributed by atoms with E-state index in [1.54, 1.807) is 19.0 Å². The number of thiazole rings is 1. The summed E-state index contributed by atoms with van der Waals surface area (Å²) in [5, 5.41) is 7.90. The van der Waals surface area contributed by atoms with Crippen molar-refractivity contribution in [3.05, 3.63) is 51.5 Å². The highest BCUT2D eigenvalue weighted by Crippen LogP contribution is 2.26. The van der Waals surface area contributed by atoms with Crippen LogP contribution in [0.25, 0.3) is 0 Å². The van der Waals surface area contributed by atoms with Gasteiger partial charge in [0.05, 0.1) is 10.7 Å². The number of carbonyl (C=O) groups is 1. The molecule has 0 saturated heterocycles. The molecule has 0 spiro atoms. The van der Waals surface area contributed by atoms with Crippen molar-refractivity contribution in [3.8, 4) is 0 Å². The number of carbonyl (C=O) groups excluding carboxylic acids is 1. The second-order valence-electron chi connectivity index (χ2n) is 7.48. The number of aryl methyl sites for hydroxylation is 2. The van der Waals surface area contributed by atoms with Crippen LogP contribution in [0, 0.1) is 0 Å². The van der Waals surface area contributed by atoms with E-state index >= 15 is 0 Å². The first-order valence-corrected chi connectivity index (χ1v) is 11.2. The van der Waals surface area contributed by atoms with Crippen molar-refractivity contribution in [1.82, 2.24) is 20.5 Å². The topological polar surface area (TPSA) is 69.6 Å². The number of benzene rings is 1. The highest BCUT2D eigenvalue weighted by atomic mass is 127. The van der Waals surface area contributed by atoms with Crippen LogP contribution in [-0.4, -0.2) is 55.5 Å². The Kier molecular flexibility index (Phi) is 10.6. The van der Waals surface area contributed by atoms with Gasteiger partial charge in [-0.05, 0) is 37.7 Å². The van der Waals surface area contributed by atoms with Crippen LogP contribution in [0.4, 0.5) is 0 Å². The third kappa shape index (κ3) is 7.86. The number of hydrogen-bond donors (Lipinski definition) is 2.